The standard InChI is InChI=1S/C12H10F3NO2/c13-7-5-8(11(15)9(14)6-7)12(16-18)4-2-1-3-10(12)17/h5-6H,1-4H2. The average Bonchev–Trinajstić information content (AvgIpc) is 2.35. The van der Waals surface area contributed by atoms with Crippen molar-refractivity contribution in [1.82, 2.24) is 0 Å². The van der Waals surface area contributed by atoms with Crippen LogP contribution in [-0.4, -0.2) is 5.78 Å². The molecule has 1 atom stereocenters. The highest BCUT2D eigenvalue weighted by Crippen LogP contribution is 2.39. The molecule has 0 spiro atoms. The van der Waals surface area contributed by atoms with Crippen LogP contribution in [0.25, 0.3) is 0 Å². The van der Waals surface area contributed by atoms with E-state index in [0.29, 0.717) is 25.0 Å². The fourth-order valence-corrected chi connectivity index (χ4v) is 2.30. The number of halogens is 3. The minimum absolute atomic E-state index is 0.0187. The van der Waals surface area contributed by atoms with Gasteiger partial charge in [-0.05, 0) is 25.3 Å². The van der Waals surface area contributed by atoms with E-state index in [1.165, 1.54) is 0 Å². The SMILES string of the molecule is O=NC1(c2cc(F)cc(F)c2F)CCCCC1=O. The van der Waals surface area contributed by atoms with Crippen molar-refractivity contribution in [2.45, 2.75) is 31.2 Å². The third kappa shape index (κ3) is 1.81. The van der Waals surface area contributed by atoms with Gasteiger partial charge >= 0.3 is 0 Å². The largest absolute Gasteiger partial charge is 0.296 e. The van der Waals surface area contributed by atoms with Crippen molar-refractivity contribution in [2.24, 2.45) is 5.18 Å². The number of nitroso groups, excluding NO2 is 1. The van der Waals surface area contributed by atoms with Gasteiger partial charge in [0, 0.05) is 18.1 Å². The Hall–Kier alpha value is -1.72. The van der Waals surface area contributed by atoms with Crippen molar-refractivity contribution in [1.29, 1.82) is 0 Å². The summed E-state index contributed by atoms with van der Waals surface area (Å²) >= 11 is 0. The molecule has 18 heavy (non-hydrogen) atoms. The van der Waals surface area contributed by atoms with Crippen molar-refractivity contribution >= 4 is 5.78 Å². The van der Waals surface area contributed by atoms with Crippen LogP contribution in [0.2, 0.25) is 0 Å². The molecule has 0 saturated heterocycles. The number of ketones is 1. The van der Waals surface area contributed by atoms with E-state index < -0.39 is 34.3 Å². The highest BCUT2D eigenvalue weighted by atomic mass is 19.2. The molecule has 0 bridgehead atoms. The van der Waals surface area contributed by atoms with Crippen molar-refractivity contribution in [2.75, 3.05) is 0 Å². The van der Waals surface area contributed by atoms with Crippen molar-refractivity contribution in [3.63, 3.8) is 0 Å². The van der Waals surface area contributed by atoms with Gasteiger partial charge in [0.2, 0.25) is 0 Å². The molecule has 1 fully saturated rings. The topological polar surface area (TPSA) is 46.5 Å². The Morgan fingerprint density at radius 1 is 1.17 bits per heavy atom. The second kappa shape index (κ2) is 4.51. The van der Waals surface area contributed by atoms with Gasteiger partial charge in [0.1, 0.15) is 5.82 Å². The van der Waals surface area contributed by atoms with Crippen LogP contribution in [0.5, 0.6) is 0 Å². The summed E-state index contributed by atoms with van der Waals surface area (Å²) in [6, 6.07) is 1.04. The number of rotatable bonds is 2. The number of hydrogen-bond donors (Lipinski definition) is 0. The number of benzene rings is 1. The Kier molecular flexibility index (Phi) is 3.19. The first-order valence-electron chi connectivity index (χ1n) is 5.54. The molecule has 6 heteroatoms. The van der Waals surface area contributed by atoms with Crippen LogP contribution in [0, 0.1) is 22.4 Å². The minimum atomic E-state index is -1.98. The summed E-state index contributed by atoms with van der Waals surface area (Å²) in [7, 11) is 0. The summed E-state index contributed by atoms with van der Waals surface area (Å²) in [5, 5.41) is 2.70. The van der Waals surface area contributed by atoms with Crippen molar-refractivity contribution in [3.8, 4) is 0 Å². The van der Waals surface area contributed by atoms with Gasteiger partial charge in [-0.3, -0.25) is 4.79 Å². The van der Waals surface area contributed by atoms with E-state index in [2.05, 4.69) is 5.18 Å². The van der Waals surface area contributed by atoms with Gasteiger partial charge in [-0.1, -0.05) is 5.18 Å². The smallest absolute Gasteiger partial charge is 0.188 e. The zero-order chi connectivity index (χ0) is 13.3. The average molecular weight is 257 g/mol. The lowest BCUT2D eigenvalue weighted by Crippen LogP contribution is -2.37. The van der Waals surface area contributed by atoms with Gasteiger partial charge in [0.15, 0.2) is 23.0 Å². The Labute approximate surface area is 101 Å². The second-order valence-electron chi connectivity index (χ2n) is 4.33. The first kappa shape index (κ1) is 12.7. The van der Waals surface area contributed by atoms with Crippen molar-refractivity contribution in [3.05, 3.63) is 40.1 Å². The summed E-state index contributed by atoms with van der Waals surface area (Å²) in [5.74, 6) is -4.43. The third-order valence-corrected chi connectivity index (χ3v) is 3.25. The number of carbonyl (C=O) groups excluding carboxylic acids is 1. The highest BCUT2D eigenvalue weighted by molar-refractivity contribution is 5.90. The minimum Gasteiger partial charge on any atom is -0.296 e. The molecule has 0 N–H and O–H groups in total. The van der Waals surface area contributed by atoms with Crippen LogP contribution in [0.15, 0.2) is 17.3 Å². The zero-order valence-electron chi connectivity index (χ0n) is 9.38. The molecule has 1 aromatic carbocycles. The molecule has 3 nitrogen and oxygen atoms in total. The van der Waals surface area contributed by atoms with Gasteiger partial charge in [0.25, 0.3) is 0 Å². The van der Waals surface area contributed by atoms with Crippen LogP contribution in [-0.2, 0) is 10.3 Å². The molecule has 0 radical (unpaired) electrons. The molecule has 2 rings (SSSR count). The fraction of sp³-hybridized carbons (Fsp3) is 0.417. The fourth-order valence-electron chi connectivity index (χ4n) is 2.30. The van der Waals surface area contributed by atoms with Crippen LogP contribution in [0.1, 0.15) is 31.2 Å². The van der Waals surface area contributed by atoms with Crippen LogP contribution in [0.4, 0.5) is 13.2 Å². The summed E-state index contributed by atoms with van der Waals surface area (Å²) in [6.07, 6.45) is 1.09. The lowest BCUT2D eigenvalue weighted by Gasteiger charge is -2.29. The van der Waals surface area contributed by atoms with Gasteiger partial charge in [-0.25, -0.2) is 13.2 Å². The van der Waals surface area contributed by atoms with Gasteiger partial charge in [0.05, 0.1) is 0 Å². The maximum atomic E-state index is 13.7. The number of hydrogen-bond acceptors (Lipinski definition) is 3. The van der Waals surface area contributed by atoms with Gasteiger partial charge < -0.3 is 0 Å². The quantitative estimate of drug-likeness (QED) is 0.603. The maximum Gasteiger partial charge on any atom is 0.188 e. The molecule has 0 aromatic heterocycles. The van der Waals surface area contributed by atoms with E-state index in [1.54, 1.807) is 0 Å². The van der Waals surface area contributed by atoms with E-state index in [9.17, 15) is 22.9 Å². The Balaban J connectivity index is 2.63. The summed E-state index contributed by atoms with van der Waals surface area (Å²) < 4.78 is 40.0. The third-order valence-electron chi connectivity index (χ3n) is 3.25. The first-order valence-corrected chi connectivity index (χ1v) is 5.54. The van der Waals surface area contributed by atoms with Crippen LogP contribution in [0.3, 0.4) is 0 Å². The van der Waals surface area contributed by atoms with E-state index in [4.69, 9.17) is 0 Å². The zero-order valence-corrected chi connectivity index (χ0v) is 9.38. The molecule has 1 aliphatic rings. The van der Waals surface area contributed by atoms with E-state index >= 15 is 0 Å². The molecule has 0 amide bonds. The Morgan fingerprint density at radius 2 is 1.89 bits per heavy atom. The molecule has 0 aliphatic heterocycles. The van der Waals surface area contributed by atoms with E-state index in [0.717, 1.165) is 0 Å². The second-order valence-corrected chi connectivity index (χ2v) is 4.33. The molecule has 1 saturated carbocycles. The predicted octanol–water partition coefficient (Wildman–Crippen LogP) is 3.21. The molecular weight excluding hydrogens is 247 g/mol. The van der Waals surface area contributed by atoms with Crippen LogP contribution >= 0.6 is 0 Å². The molecule has 96 valence electrons. The normalized spacial score (nSPS) is 24.1. The molecule has 1 unspecified atom stereocenters. The Bertz CT molecular complexity index is 518. The summed E-state index contributed by atoms with van der Waals surface area (Å²) in [6.45, 7) is 0. The first-order chi connectivity index (χ1) is 8.51. The van der Waals surface area contributed by atoms with Gasteiger partial charge in [-0.15, -0.1) is 4.91 Å². The van der Waals surface area contributed by atoms with Gasteiger partial charge in [-0.2, -0.15) is 0 Å². The number of Topliss-reactive ketones (excluding diaryl/α,β-unsaturated/α-hetero) is 1. The van der Waals surface area contributed by atoms with E-state index in [-0.39, 0.29) is 12.8 Å². The predicted molar refractivity (Wildman–Crippen MR) is 57.3 cm³/mol. The molecule has 1 aromatic rings. The van der Waals surface area contributed by atoms with Crippen molar-refractivity contribution < 1.29 is 18.0 Å². The molecule has 1 aliphatic carbocycles. The lowest BCUT2D eigenvalue weighted by molar-refractivity contribution is -0.126. The molecular formula is C12H10F3NO2. The number of carbonyl (C=O) groups is 1. The molecule has 0 heterocycles. The van der Waals surface area contributed by atoms with E-state index in [1.807, 2.05) is 0 Å². The number of nitrogens with zero attached hydrogens (tertiary/aromatic N) is 1. The summed E-state index contributed by atoms with van der Waals surface area (Å²) in [5.41, 5.74) is -2.58. The Morgan fingerprint density at radius 3 is 2.50 bits per heavy atom. The lowest BCUT2D eigenvalue weighted by atomic mass is 9.76. The summed E-state index contributed by atoms with van der Waals surface area (Å²) in [4.78, 5) is 22.8. The monoisotopic (exact) mass is 257 g/mol. The highest BCUT2D eigenvalue weighted by Gasteiger charge is 2.46. The maximum absolute atomic E-state index is 13.7. The van der Waals surface area contributed by atoms with Crippen LogP contribution < -0.4 is 0 Å².